The SMILES string of the molecule is O=C(COC(=O)c1ccc(N2C(=O)[C@@H]3[C@@H]4C[C@@H]([C@H]3C2=O)[C@H](c2ccccc2)C4)cc1)Nc1ccccc1Cl. The van der Waals surface area contributed by atoms with Crippen molar-refractivity contribution in [3.63, 3.8) is 0 Å². The van der Waals surface area contributed by atoms with Crippen LogP contribution in [0, 0.1) is 23.7 Å². The summed E-state index contributed by atoms with van der Waals surface area (Å²) in [5, 5.41) is 2.96. The summed E-state index contributed by atoms with van der Waals surface area (Å²) in [6.07, 6.45) is 1.84. The van der Waals surface area contributed by atoms with Crippen LogP contribution >= 0.6 is 11.6 Å². The number of hydrogen-bond donors (Lipinski definition) is 1. The molecule has 0 spiro atoms. The highest BCUT2D eigenvalue weighted by Crippen LogP contribution is 2.61. The van der Waals surface area contributed by atoms with Crippen molar-refractivity contribution in [1.82, 2.24) is 0 Å². The largest absolute Gasteiger partial charge is 0.452 e. The minimum atomic E-state index is -0.689. The topological polar surface area (TPSA) is 92.8 Å². The lowest BCUT2D eigenvalue weighted by molar-refractivity contribution is -0.123. The van der Waals surface area contributed by atoms with Crippen molar-refractivity contribution in [1.29, 1.82) is 0 Å². The molecule has 5 atom stereocenters. The van der Waals surface area contributed by atoms with Crippen molar-refractivity contribution in [3.05, 3.63) is 95.0 Å². The first-order valence-electron chi connectivity index (χ1n) is 12.7. The lowest BCUT2D eigenvalue weighted by Crippen LogP contribution is -2.33. The fourth-order valence-corrected chi connectivity index (χ4v) is 6.69. The van der Waals surface area contributed by atoms with Crippen molar-refractivity contribution >= 4 is 46.7 Å². The van der Waals surface area contributed by atoms with E-state index in [1.54, 1.807) is 36.4 Å². The van der Waals surface area contributed by atoms with Gasteiger partial charge in [-0.1, -0.05) is 54.1 Å². The van der Waals surface area contributed by atoms with Crippen LogP contribution in [-0.2, 0) is 19.1 Å². The number of nitrogens with zero attached hydrogens (tertiary/aromatic N) is 1. The molecule has 0 radical (unpaired) electrons. The van der Waals surface area contributed by atoms with E-state index in [0.717, 1.165) is 12.8 Å². The van der Waals surface area contributed by atoms with Gasteiger partial charge in [-0.05, 0) is 72.6 Å². The third-order valence-corrected chi connectivity index (χ3v) is 8.42. The Hall–Kier alpha value is -3.97. The maximum Gasteiger partial charge on any atom is 0.338 e. The molecular formula is C30H25ClN2O5. The maximum absolute atomic E-state index is 13.5. The first-order chi connectivity index (χ1) is 18.4. The molecule has 2 aliphatic carbocycles. The number of fused-ring (bicyclic) bond motifs is 5. The van der Waals surface area contributed by atoms with Crippen molar-refractivity contribution in [2.45, 2.75) is 18.8 Å². The molecule has 3 amide bonds. The van der Waals surface area contributed by atoms with Crippen molar-refractivity contribution in [3.8, 4) is 0 Å². The second-order valence-corrected chi connectivity index (χ2v) is 10.5. The fourth-order valence-electron chi connectivity index (χ4n) is 6.51. The highest BCUT2D eigenvalue weighted by molar-refractivity contribution is 6.33. The molecular weight excluding hydrogens is 504 g/mol. The monoisotopic (exact) mass is 528 g/mol. The Morgan fingerprint density at radius 3 is 2.29 bits per heavy atom. The second kappa shape index (κ2) is 9.72. The molecule has 1 aliphatic heterocycles. The molecule has 2 bridgehead atoms. The molecule has 2 saturated carbocycles. The number of imide groups is 1. The number of amides is 3. The number of carbonyl (C=O) groups excluding carboxylic acids is 4. The van der Waals surface area contributed by atoms with E-state index >= 15 is 0 Å². The lowest BCUT2D eigenvalue weighted by atomic mass is 9.73. The summed E-state index contributed by atoms with van der Waals surface area (Å²) >= 11 is 6.03. The number of rotatable bonds is 6. The minimum Gasteiger partial charge on any atom is -0.452 e. The van der Waals surface area contributed by atoms with Crippen LogP contribution < -0.4 is 10.2 Å². The normalized spacial score (nSPS) is 25.4. The second-order valence-electron chi connectivity index (χ2n) is 10.1. The fraction of sp³-hybridized carbons (Fsp3) is 0.267. The Kier molecular flexibility index (Phi) is 6.24. The van der Waals surface area contributed by atoms with Gasteiger partial charge in [0.2, 0.25) is 11.8 Å². The molecule has 1 saturated heterocycles. The van der Waals surface area contributed by atoms with Gasteiger partial charge in [0, 0.05) is 0 Å². The zero-order valence-electron chi connectivity index (χ0n) is 20.4. The molecule has 3 aromatic rings. The first-order valence-corrected chi connectivity index (χ1v) is 13.0. The van der Waals surface area contributed by atoms with E-state index in [9.17, 15) is 19.2 Å². The predicted molar refractivity (Wildman–Crippen MR) is 142 cm³/mol. The number of ether oxygens (including phenoxy) is 1. The molecule has 3 aromatic carbocycles. The Bertz CT molecular complexity index is 1420. The van der Waals surface area contributed by atoms with Crippen LogP contribution in [0.4, 0.5) is 11.4 Å². The first kappa shape index (κ1) is 24.4. The number of nitrogens with one attached hydrogen (secondary N) is 1. The molecule has 1 heterocycles. The third kappa shape index (κ3) is 4.17. The van der Waals surface area contributed by atoms with E-state index < -0.39 is 18.5 Å². The van der Waals surface area contributed by atoms with Crippen LogP contribution in [0.25, 0.3) is 0 Å². The van der Waals surface area contributed by atoms with Gasteiger partial charge < -0.3 is 10.1 Å². The number of anilines is 2. The van der Waals surface area contributed by atoms with E-state index in [1.165, 1.54) is 22.6 Å². The Morgan fingerprint density at radius 2 is 1.55 bits per heavy atom. The number of hydrogen-bond acceptors (Lipinski definition) is 5. The van der Waals surface area contributed by atoms with E-state index in [2.05, 4.69) is 17.4 Å². The van der Waals surface area contributed by atoms with Crippen LogP contribution in [0.2, 0.25) is 5.02 Å². The van der Waals surface area contributed by atoms with Gasteiger partial charge in [0.15, 0.2) is 6.61 Å². The molecule has 1 N–H and O–H groups in total. The van der Waals surface area contributed by atoms with Gasteiger partial charge in [-0.3, -0.25) is 19.3 Å². The summed E-state index contributed by atoms with van der Waals surface area (Å²) in [6.45, 7) is -0.483. The minimum absolute atomic E-state index is 0.148. The highest BCUT2D eigenvalue weighted by atomic mass is 35.5. The molecule has 192 valence electrons. The summed E-state index contributed by atoms with van der Waals surface area (Å²) < 4.78 is 5.12. The van der Waals surface area contributed by atoms with Gasteiger partial charge in [-0.2, -0.15) is 0 Å². The van der Waals surface area contributed by atoms with Crippen LogP contribution in [0.15, 0.2) is 78.9 Å². The van der Waals surface area contributed by atoms with Gasteiger partial charge in [-0.25, -0.2) is 4.79 Å². The zero-order chi connectivity index (χ0) is 26.4. The highest BCUT2D eigenvalue weighted by Gasteiger charge is 2.64. The van der Waals surface area contributed by atoms with Crippen molar-refractivity contribution in [2.24, 2.45) is 23.7 Å². The van der Waals surface area contributed by atoms with Crippen LogP contribution in [0.5, 0.6) is 0 Å². The molecule has 3 aliphatic rings. The van der Waals surface area contributed by atoms with Crippen molar-refractivity contribution in [2.75, 3.05) is 16.8 Å². The predicted octanol–water partition coefficient (Wildman–Crippen LogP) is 5.06. The lowest BCUT2D eigenvalue weighted by Gasteiger charge is -2.28. The van der Waals surface area contributed by atoms with Gasteiger partial charge in [0.1, 0.15) is 0 Å². The maximum atomic E-state index is 13.5. The average Bonchev–Trinajstić information content (AvgIpc) is 3.60. The van der Waals surface area contributed by atoms with Crippen LogP contribution in [-0.4, -0.2) is 30.3 Å². The van der Waals surface area contributed by atoms with Gasteiger partial charge in [0.05, 0.1) is 33.8 Å². The molecule has 7 nitrogen and oxygen atoms in total. The van der Waals surface area contributed by atoms with Gasteiger partial charge in [0.25, 0.3) is 5.91 Å². The quantitative estimate of drug-likeness (QED) is 0.356. The van der Waals surface area contributed by atoms with Gasteiger partial charge in [-0.15, -0.1) is 0 Å². The molecule has 3 fully saturated rings. The average molecular weight is 529 g/mol. The summed E-state index contributed by atoms with van der Waals surface area (Å²) in [7, 11) is 0. The molecule has 38 heavy (non-hydrogen) atoms. The third-order valence-electron chi connectivity index (χ3n) is 8.09. The number of esters is 1. The summed E-state index contributed by atoms with van der Waals surface area (Å²) in [6, 6.07) is 23.1. The van der Waals surface area contributed by atoms with Crippen molar-refractivity contribution < 1.29 is 23.9 Å². The molecule has 6 rings (SSSR count). The van der Waals surface area contributed by atoms with E-state index in [-0.39, 0.29) is 41.0 Å². The molecule has 0 unspecified atom stereocenters. The molecule has 0 aromatic heterocycles. The summed E-state index contributed by atoms with van der Waals surface area (Å²) in [4.78, 5) is 52.8. The Balaban J connectivity index is 1.11. The number of benzene rings is 3. The van der Waals surface area contributed by atoms with E-state index in [4.69, 9.17) is 16.3 Å². The number of carbonyl (C=O) groups is 4. The summed E-state index contributed by atoms with van der Waals surface area (Å²) in [5.41, 5.74) is 2.31. The number of para-hydroxylation sites is 1. The zero-order valence-corrected chi connectivity index (χ0v) is 21.1. The van der Waals surface area contributed by atoms with Gasteiger partial charge >= 0.3 is 5.97 Å². The number of halogens is 1. The smallest absolute Gasteiger partial charge is 0.338 e. The van der Waals surface area contributed by atoms with E-state index in [0.29, 0.717) is 22.3 Å². The summed E-state index contributed by atoms with van der Waals surface area (Å²) in [5.74, 6) is -1.40. The Labute approximate surface area is 224 Å². The Morgan fingerprint density at radius 1 is 0.868 bits per heavy atom. The molecule has 8 heteroatoms. The van der Waals surface area contributed by atoms with Crippen LogP contribution in [0.3, 0.4) is 0 Å². The van der Waals surface area contributed by atoms with E-state index in [1.807, 2.05) is 18.2 Å². The van der Waals surface area contributed by atoms with Crippen LogP contribution in [0.1, 0.15) is 34.7 Å². The standard InChI is InChI=1S/C30H25ClN2O5/c31-23-8-4-5-9-24(23)32-25(34)16-38-30(37)18-10-12-20(13-11-18)33-28(35)26-19-14-21(17-6-2-1-3-7-17)22(15-19)27(26)29(33)36/h1-13,19,21-22,26-27H,14-16H2,(H,32,34)/t19-,21-,22+,26+,27+/m0/s1.